The lowest BCUT2D eigenvalue weighted by Crippen LogP contribution is -2.50. The van der Waals surface area contributed by atoms with Crippen LogP contribution in [-0.2, 0) is 10.0 Å². The van der Waals surface area contributed by atoms with Gasteiger partial charge in [0, 0.05) is 60.5 Å². The van der Waals surface area contributed by atoms with Crippen LogP contribution in [0.5, 0.6) is 0 Å². The van der Waals surface area contributed by atoms with Gasteiger partial charge in [-0.2, -0.15) is 4.31 Å². The Bertz CT molecular complexity index is 1400. The summed E-state index contributed by atoms with van der Waals surface area (Å²) in [5, 5.41) is 22.7. The Morgan fingerprint density at radius 1 is 0.970 bits per heavy atom. The van der Waals surface area contributed by atoms with Crippen molar-refractivity contribution in [3.05, 3.63) is 72.6 Å². The van der Waals surface area contributed by atoms with Crippen LogP contribution in [0.1, 0.15) is 9.67 Å². The maximum absolute atomic E-state index is 13.0. The van der Waals surface area contributed by atoms with Gasteiger partial charge >= 0.3 is 0 Å². The van der Waals surface area contributed by atoms with Crippen molar-refractivity contribution in [2.45, 2.75) is 4.90 Å². The van der Waals surface area contributed by atoms with Gasteiger partial charge in [-0.1, -0.05) is 17.7 Å². The lowest BCUT2D eigenvalue weighted by Gasteiger charge is -2.33. The van der Waals surface area contributed by atoms with E-state index in [0.29, 0.717) is 10.1 Å². The second kappa shape index (κ2) is 8.67. The van der Waals surface area contributed by atoms with Crippen LogP contribution in [0.4, 0.5) is 11.4 Å². The molecule has 4 rings (SSSR count). The van der Waals surface area contributed by atoms with Crippen LogP contribution in [0, 0.1) is 20.2 Å². The minimum absolute atomic E-state index is 0.00471. The molecule has 11 nitrogen and oxygen atoms in total. The summed E-state index contributed by atoms with van der Waals surface area (Å²) in [6, 6.07) is 8.96. The average molecular weight is 511 g/mol. The molecule has 2 aromatic carbocycles. The quantitative estimate of drug-likeness (QED) is 0.377. The molecular weight excluding hydrogens is 496 g/mol. The summed E-state index contributed by atoms with van der Waals surface area (Å²) in [5.74, 6) is -0.392. The Kier molecular flexibility index (Phi) is 6.05. The van der Waals surface area contributed by atoms with Crippen LogP contribution in [0.25, 0.3) is 10.1 Å². The predicted molar refractivity (Wildman–Crippen MR) is 121 cm³/mol. The Morgan fingerprint density at radius 2 is 1.61 bits per heavy atom. The van der Waals surface area contributed by atoms with E-state index in [1.54, 1.807) is 0 Å². The zero-order valence-electron chi connectivity index (χ0n) is 16.7. The van der Waals surface area contributed by atoms with Gasteiger partial charge in [0.15, 0.2) is 0 Å². The number of hydrogen-bond acceptors (Lipinski definition) is 8. The number of carbonyl (C=O) groups is 1. The number of amides is 1. The molecule has 2 heterocycles. The number of nitrogens with zero attached hydrogens (tertiary/aromatic N) is 4. The van der Waals surface area contributed by atoms with Gasteiger partial charge in [0.2, 0.25) is 10.0 Å². The van der Waals surface area contributed by atoms with E-state index in [-0.39, 0.29) is 52.3 Å². The van der Waals surface area contributed by atoms with Crippen molar-refractivity contribution in [1.82, 2.24) is 9.21 Å². The monoisotopic (exact) mass is 510 g/mol. The summed E-state index contributed by atoms with van der Waals surface area (Å²) in [5.41, 5.74) is -0.441. The van der Waals surface area contributed by atoms with Crippen molar-refractivity contribution >= 4 is 60.3 Å². The number of halogens is 1. The molecule has 1 saturated heterocycles. The number of sulfonamides is 1. The number of carbonyl (C=O) groups excluding carboxylic acids is 1. The van der Waals surface area contributed by atoms with E-state index in [1.807, 2.05) is 0 Å². The van der Waals surface area contributed by atoms with Gasteiger partial charge in [-0.3, -0.25) is 25.0 Å². The van der Waals surface area contributed by atoms with Crippen molar-refractivity contribution in [2.24, 2.45) is 0 Å². The minimum atomic E-state index is -3.97. The third kappa shape index (κ3) is 4.27. The first-order valence-corrected chi connectivity index (χ1v) is 12.1. The van der Waals surface area contributed by atoms with Crippen LogP contribution >= 0.6 is 22.9 Å². The molecule has 0 aliphatic carbocycles. The average Bonchev–Trinajstić information content (AvgIpc) is 3.14. The molecular formula is C19H15ClN4O7S2. The molecule has 3 aromatic rings. The lowest BCUT2D eigenvalue weighted by atomic mass is 10.2. The SMILES string of the molecule is O=C(c1sc2cc([N+](=O)[O-])ccc2c1Cl)N1CCN(S(=O)(=O)c2cccc([N+](=O)[O-])c2)CC1. The third-order valence-electron chi connectivity index (χ3n) is 5.21. The molecule has 0 radical (unpaired) electrons. The molecule has 172 valence electrons. The molecule has 0 spiro atoms. The highest BCUT2D eigenvalue weighted by Crippen LogP contribution is 2.38. The maximum atomic E-state index is 13.0. The molecule has 0 unspecified atom stereocenters. The molecule has 33 heavy (non-hydrogen) atoms. The molecule has 1 fully saturated rings. The van der Waals surface area contributed by atoms with Gasteiger partial charge in [0.25, 0.3) is 17.3 Å². The molecule has 0 bridgehead atoms. The minimum Gasteiger partial charge on any atom is -0.335 e. The molecule has 14 heteroatoms. The zero-order chi connectivity index (χ0) is 23.9. The van der Waals surface area contributed by atoms with Gasteiger partial charge < -0.3 is 4.90 Å². The van der Waals surface area contributed by atoms with Crippen molar-refractivity contribution in [2.75, 3.05) is 26.2 Å². The lowest BCUT2D eigenvalue weighted by molar-refractivity contribution is -0.385. The topological polar surface area (TPSA) is 144 Å². The first-order valence-electron chi connectivity index (χ1n) is 9.50. The smallest absolute Gasteiger partial charge is 0.270 e. The van der Waals surface area contributed by atoms with Crippen LogP contribution in [0.15, 0.2) is 47.4 Å². The largest absolute Gasteiger partial charge is 0.335 e. The van der Waals surface area contributed by atoms with E-state index in [9.17, 15) is 33.4 Å². The fourth-order valence-electron chi connectivity index (χ4n) is 3.49. The summed E-state index contributed by atoms with van der Waals surface area (Å²) in [6.45, 7) is 0.199. The fraction of sp³-hybridized carbons (Fsp3) is 0.211. The van der Waals surface area contributed by atoms with E-state index in [2.05, 4.69) is 0 Å². The van der Waals surface area contributed by atoms with Crippen molar-refractivity contribution in [3.8, 4) is 0 Å². The number of rotatable bonds is 5. The maximum Gasteiger partial charge on any atom is 0.270 e. The molecule has 1 amide bonds. The predicted octanol–water partition coefficient (Wildman–Crippen LogP) is 3.52. The standard InChI is InChI=1S/C19H15ClN4O7S2/c20-17-15-5-4-13(24(28)29)11-16(15)32-18(17)19(25)21-6-8-22(9-7-21)33(30,31)14-3-1-2-12(10-14)23(26)27/h1-5,10-11H,6-9H2. The molecule has 0 atom stereocenters. The highest BCUT2D eigenvalue weighted by atomic mass is 35.5. The summed E-state index contributed by atoms with van der Waals surface area (Å²) in [4.78, 5) is 35.3. The molecule has 1 aliphatic heterocycles. The molecule has 0 N–H and O–H groups in total. The van der Waals surface area contributed by atoms with E-state index in [0.717, 1.165) is 17.4 Å². The number of nitro benzene ring substituents is 2. The van der Waals surface area contributed by atoms with E-state index >= 15 is 0 Å². The van der Waals surface area contributed by atoms with Crippen molar-refractivity contribution < 1.29 is 23.1 Å². The van der Waals surface area contributed by atoms with E-state index in [4.69, 9.17) is 11.6 Å². The molecule has 1 aliphatic rings. The second-order valence-corrected chi connectivity index (χ2v) is 10.5. The van der Waals surface area contributed by atoms with Gasteiger partial charge in [-0.15, -0.1) is 11.3 Å². The van der Waals surface area contributed by atoms with Gasteiger partial charge in [0.1, 0.15) is 4.88 Å². The van der Waals surface area contributed by atoms with Crippen LogP contribution in [-0.4, -0.2) is 59.6 Å². The number of piperazine rings is 1. The summed E-state index contributed by atoms with van der Waals surface area (Å²) >= 11 is 7.40. The van der Waals surface area contributed by atoms with Crippen LogP contribution in [0.2, 0.25) is 5.02 Å². The molecule has 0 saturated carbocycles. The highest BCUT2D eigenvalue weighted by Gasteiger charge is 2.32. The van der Waals surface area contributed by atoms with Crippen molar-refractivity contribution in [3.63, 3.8) is 0 Å². The number of nitro groups is 2. The molecule has 1 aromatic heterocycles. The number of non-ortho nitro benzene ring substituents is 2. The third-order valence-corrected chi connectivity index (χ3v) is 8.75. The van der Waals surface area contributed by atoms with E-state index in [1.165, 1.54) is 45.6 Å². The van der Waals surface area contributed by atoms with Crippen LogP contribution in [0.3, 0.4) is 0 Å². The summed E-state index contributed by atoms with van der Waals surface area (Å²) in [7, 11) is -3.97. The van der Waals surface area contributed by atoms with Crippen LogP contribution < -0.4 is 0 Å². The number of fused-ring (bicyclic) bond motifs is 1. The van der Waals surface area contributed by atoms with Gasteiger partial charge in [0.05, 0.1) is 19.8 Å². The summed E-state index contributed by atoms with van der Waals surface area (Å²) < 4.78 is 27.5. The first kappa shape index (κ1) is 23.0. The second-order valence-electron chi connectivity index (χ2n) is 7.13. The van der Waals surface area contributed by atoms with Gasteiger partial charge in [-0.25, -0.2) is 8.42 Å². The Labute approximate surface area is 196 Å². The van der Waals surface area contributed by atoms with Gasteiger partial charge in [-0.05, 0) is 12.1 Å². The highest BCUT2D eigenvalue weighted by molar-refractivity contribution is 7.89. The number of benzene rings is 2. The normalized spacial score (nSPS) is 15.0. The Hall–Kier alpha value is -3.13. The Balaban J connectivity index is 1.51. The number of thiophene rings is 1. The van der Waals surface area contributed by atoms with E-state index < -0.39 is 25.8 Å². The Morgan fingerprint density at radius 3 is 2.24 bits per heavy atom. The summed E-state index contributed by atoms with van der Waals surface area (Å²) in [6.07, 6.45) is 0. The first-order chi connectivity index (χ1) is 15.6. The number of hydrogen-bond donors (Lipinski definition) is 0. The fourth-order valence-corrected chi connectivity index (χ4v) is 6.46. The van der Waals surface area contributed by atoms with Crippen molar-refractivity contribution in [1.29, 1.82) is 0 Å². The zero-order valence-corrected chi connectivity index (χ0v) is 19.1.